The number of aromatic nitrogens is 6. The van der Waals surface area contributed by atoms with Crippen molar-refractivity contribution in [3.63, 3.8) is 0 Å². The van der Waals surface area contributed by atoms with Crippen molar-refractivity contribution in [3.8, 4) is 28.5 Å². The van der Waals surface area contributed by atoms with Gasteiger partial charge in [-0.05, 0) is 70.7 Å². The summed E-state index contributed by atoms with van der Waals surface area (Å²) in [5.74, 6) is 1.15. The predicted molar refractivity (Wildman–Crippen MR) is 133 cm³/mol. The highest BCUT2D eigenvalue weighted by molar-refractivity contribution is 5.70. The van der Waals surface area contributed by atoms with Crippen LogP contribution >= 0.6 is 0 Å². The van der Waals surface area contributed by atoms with Gasteiger partial charge in [0.2, 0.25) is 5.88 Å². The minimum Gasteiger partial charge on any atom is -0.480 e. The molecule has 2 bridgehead atoms. The van der Waals surface area contributed by atoms with E-state index in [2.05, 4.69) is 30.7 Å². The number of fused-ring (bicyclic) bond motifs is 2. The number of hydrogen-bond donors (Lipinski definition) is 1. The van der Waals surface area contributed by atoms with Crippen LogP contribution in [0.25, 0.3) is 22.6 Å². The number of amides is 1. The summed E-state index contributed by atoms with van der Waals surface area (Å²) in [4.78, 5) is 20.7. The zero-order valence-electron chi connectivity index (χ0n) is 21.3. The Bertz CT molecular complexity index is 1220. The molecule has 2 fully saturated rings. The first kappa shape index (κ1) is 24.0. The molecule has 11 nitrogen and oxygen atoms in total. The van der Waals surface area contributed by atoms with Crippen LogP contribution in [-0.4, -0.2) is 72.0 Å². The number of ether oxygens (including phenoxy) is 2. The molecule has 5 heterocycles. The van der Waals surface area contributed by atoms with Gasteiger partial charge in [0.1, 0.15) is 22.8 Å². The molecule has 5 rings (SSSR count). The number of carbonyl (C=O) groups is 1. The fourth-order valence-corrected chi connectivity index (χ4v) is 5.07. The monoisotopic (exact) mass is 492 g/mol. The number of rotatable bonds is 5. The molecule has 0 saturated carbocycles. The molecule has 190 valence electrons. The highest BCUT2D eigenvalue weighted by atomic mass is 16.6. The van der Waals surface area contributed by atoms with Crippen LogP contribution in [0, 0.1) is 0 Å². The number of nitrogens with one attached hydrogen (secondary N) is 1. The lowest BCUT2D eigenvalue weighted by molar-refractivity contribution is 0.00682. The summed E-state index contributed by atoms with van der Waals surface area (Å²) in [7, 11) is 3.34. The second kappa shape index (κ2) is 9.36. The molecule has 0 aromatic carbocycles. The standard InChI is InChI=1S/C25H32N8O3/c1-25(2,3)36-24(34)33-16-6-7-17(33)13-15(12-16)27-22-11-10-20(29-30-22)19-9-8-18(23(28-19)35-5)21-14-26-32(4)31-21/h8-11,14-17H,6-7,12-13H2,1-5H3,(H,27,30)/t15?,16-,17+. The number of carbonyl (C=O) groups excluding carboxylic acids is 1. The molecule has 1 amide bonds. The average molecular weight is 493 g/mol. The van der Waals surface area contributed by atoms with Crippen molar-refractivity contribution in [2.45, 2.75) is 70.2 Å². The lowest BCUT2D eigenvalue weighted by atomic mass is 9.97. The van der Waals surface area contributed by atoms with Gasteiger partial charge < -0.3 is 19.7 Å². The minimum absolute atomic E-state index is 0.188. The molecule has 0 radical (unpaired) electrons. The van der Waals surface area contributed by atoms with Crippen molar-refractivity contribution in [2.24, 2.45) is 7.05 Å². The number of pyridine rings is 1. The first-order chi connectivity index (χ1) is 17.2. The second-order valence-corrected chi connectivity index (χ2v) is 10.4. The Balaban J connectivity index is 1.25. The van der Waals surface area contributed by atoms with Crippen LogP contribution in [-0.2, 0) is 11.8 Å². The summed E-state index contributed by atoms with van der Waals surface area (Å²) in [6, 6.07) is 8.17. The topological polar surface area (TPSA) is 120 Å². The zero-order valence-corrected chi connectivity index (χ0v) is 21.3. The van der Waals surface area contributed by atoms with Crippen LogP contribution in [0.2, 0.25) is 0 Å². The van der Waals surface area contributed by atoms with Crippen molar-refractivity contribution in [2.75, 3.05) is 12.4 Å². The molecule has 36 heavy (non-hydrogen) atoms. The van der Waals surface area contributed by atoms with Crippen LogP contribution in [0.3, 0.4) is 0 Å². The lowest BCUT2D eigenvalue weighted by Crippen LogP contribution is -2.51. The molecule has 2 aliphatic heterocycles. The highest BCUT2D eigenvalue weighted by Gasteiger charge is 2.44. The van der Waals surface area contributed by atoms with Crippen molar-refractivity contribution >= 4 is 11.9 Å². The van der Waals surface area contributed by atoms with Gasteiger partial charge in [-0.3, -0.25) is 0 Å². The molecule has 3 atom stereocenters. The van der Waals surface area contributed by atoms with Crippen molar-refractivity contribution in [1.82, 2.24) is 35.1 Å². The third-order valence-electron chi connectivity index (χ3n) is 6.55. The predicted octanol–water partition coefficient (Wildman–Crippen LogP) is 3.69. The van der Waals surface area contributed by atoms with E-state index in [0.29, 0.717) is 28.8 Å². The molecule has 0 spiro atoms. The van der Waals surface area contributed by atoms with Crippen LogP contribution < -0.4 is 10.1 Å². The normalized spacial score (nSPS) is 21.4. The van der Waals surface area contributed by atoms with E-state index in [-0.39, 0.29) is 24.2 Å². The lowest BCUT2D eigenvalue weighted by Gasteiger charge is -2.39. The largest absolute Gasteiger partial charge is 0.480 e. The highest BCUT2D eigenvalue weighted by Crippen LogP contribution is 2.38. The van der Waals surface area contributed by atoms with Gasteiger partial charge >= 0.3 is 6.09 Å². The number of methoxy groups -OCH3 is 1. The molecular weight excluding hydrogens is 460 g/mol. The van der Waals surface area contributed by atoms with Crippen molar-refractivity contribution in [1.29, 1.82) is 0 Å². The summed E-state index contributed by atoms with van der Waals surface area (Å²) in [5, 5.41) is 20.7. The number of nitrogens with zero attached hydrogens (tertiary/aromatic N) is 7. The Morgan fingerprint density at radius 3 is 2.33 bits per heavy atom. The van der Waals surface area contributed by atoms with Gasteiger partial charge in [0.15, 0.2) is 0 Å². The van der Waals surface area contributed by atoms with Gasteiger partial charge in [0, 0.05) is 25.2 Å². The maximum atomic E-state index is 12.7. The third kappa shape index (κ3) is 4.95. The minimum atomic E-state index is -0.488. The van der Waals surface area contributed by atoms with Gasteiger partial charge in [-0.2, -0.15) is 15.0 Å². The first-order valence-electron chi connectivity index (χ1n) is 12.2. The van der Waals surface area contributed by atoms with E-state index in [1.165, 1.54) is 4.80 Å². The molecular formula is C25H32N8O3. The molecule has 1 N–H and O–H groups in total. The SMILES string of the molecule is COc1nc(-c2ccc(NC3C[C@H]4CC[C@@H](C3)N4C(=O)OC(C)(C)C)nn2)ccc1-c1cnn(C)n1. The van der Waals surface area contributed by atoms with Crippen molar-refractivity contribution in [3.05, 3.63) is 30.5 Å². The summed E-state index contributed by atoms with van der Waals surface area (Å²) < 4.78 is 11.1. The van der Waals surface area contributed by atoms with E-state index in [4.69, 9.17) is 9.47 Å². The van der Waals surface area contributed by atoms with E-state index in [1.54, 1.807) is 20.4 Å². The Kier molecular flexibility index (Phi) is 6.23. The second-order valence-electron chi connectivity index (χ2n) is 10.4. The Labute approximate surface area is 210 Å². The maximum absolute atomic E-state index is 12.7. The smallest absolute Gasteiger partial charge is 0.410 e. The summed E-state index contributed by atoms with van der Waals surface area (Å²) >= 11 is 0. The quantitative estimate of drug-likeness (QED) is 0.568. The van der Waals surface area contributed by atoms with E-state index < -0.39 is 5.60 Å². The molecule has 3 aromatic rings. The summed E-state index contributed by atoms with van der Waals surface area (Å²) in [5.41, 5.74) is 2.25. The molecule has 3 aromatic heterocycles. The number of hydrogen-bond acceptors (Lipinski definition) is 9. The Morgan fingerprint density at radius 1 is 1.03 bits per heavy atom. The van der Waals surface area contributed by atoms with Crippen LogP contribution in [0.1, 0.15) is 46.5 Å². The van der Waals surface area contributed by atoms with E-state index in [0.717, 1.165) is 31.2 Å². The van der Waals surface area contributed by atoms with Gasteiger partial charge in [-0.25, -0.2) is 9.78 Å². The van der Waals surface area contributed by atoms with Crippen LogP contribution in [0.5, 0.6) is 5.88 Å². The fraction of sp³-hybridized carbons (Fsp3) is 0.520. The summed E-state index contributed by atoms with van der Waals surface area (Å²) in [6.45, 7) is 5.71. The maximum Gasteiger partial charge on any atom is 0.410 e. The van der Waals surface area contributed by atoms with E-state index in [9.17, 15) is 4.79 Å². The van der Waals surface area contributed by atoms with E-state index >= 15 is 0 Å². The van der Waals surface area contributed by atoms with Crippen molar-refractivity contribution < 1.29 is 14.3 Å². The average Bonchev–Trinajstić information content (AvgIpc) is 3.38. The van der Waals surface area contributed by atoms with Gasteiger partial charge in [0.05, 0.1) is 24.6 Å². The molecule has 2 aliphatic rings. The number of piperidine rings is 1. The number of anilines is 1. The molecule has 11 heteroatoms. The van der Waals surface area contributed by atoms with Crippen LogP contribution in [0.15, 0.2) is 30.5 Å². The van der Waals surface area contributed by atoms with Gasteiger partial charge in [-0.15, -0.1) is 10.2 Å². The van der Waals surface area contributed by atoms with Crippen LogP contribution in [0.4, 0.5) is 10.6 Å². The first-order valence-corrected chi connectivity index (χ1v) is 12.2. The molecule has 1 unspecified atom stereocenters. The third-order valence-corrected chi connectivity index (χ3v) is 6.55. The molecule has 2 saturated heterocycles. The van der Waals surface area contributed by atoms with Gasteiger partial charge in [-0.1, -0.05) is 0 Å². The summed E-state index contributed by atoms with van der Waals surface area (Å²) in [6.07, 6.45) is 5.20. The molecule has 0 aliphatic carbocycles. The number of aryl methyl sites for hydroxylation is 1. The fourth-order valence-electron chi connectivity index (χ4n) is 5.07. The zero-order chi connectivity index (χ0) is 25.4. The van der Waals surface area contributed by atoms with E-state index in [1.807, 2.05) is 49.9 Å². The van der Waals surface area contributed by atoms with Gasteiger partial charge in [0.25, 0.3) is 0 Å². The Morgan fingerprint density at radius 2 is 1.75 bits per heavy atom. The Hall–Kier alpha value is -3.76.